The number of H-pyrrole nitrogens is 1. The summed E-state index contributed by atoms with van der Waals surface area (Å²) in [6.45, 7) is 3.55. The third-order valence-corrected chi connectivity index (χ3v) is 4.39. The molecule has 4 heterocycles. The SMILES string of the molecule is Nc1nc(N2CCN(c3nccs3)CC2)c2[nH]cnc2n1. The van der Waals surface area contributed by atoms with Gasteiger partial charge in [-0.05, 0) is 0 Å². The molecule has 0 unspecified atom stereocenters. The number of hydrogen-bond donors (Lipinski definition) is 2. The standard InChI is InChI=1S/C12H14N8S/c13-11-17-9-8(15-7-16-9)10(18-11)19-2-4-20(5-3-19)12-14-1-6-21-12/h1,6-7H,2-5H2,(H3,13,15,16,17,18). The van der Waals surface area contributed by atoms with E-state index in [9.17, 15) is 0 Å². The summed E-state index contributed by atoms with van der Waals surface area (Å²) < 4.78 is 0. The highest BCUT2D eigenvalue weighted by atomic mass is 32.1. The zero-order chi connectivity index (χ0) is 14.2. The van der Waals surface area contributed by atoms with Crippen LogP contribution in [-0.4, -0.2) is 51.1 Å². The highest BCUT2D eigenvalue weighted by Gasteiger charge is 2.22. The molecule has 0 amide bonds. The van der Waals surface area contributed by atoms with Crippen molar-refractivity contribution in [1.82, 2.24) is 24.9 Å². The van der Waals surface area contributed by atoms with Crippen LogP contribution in [0.5, 0.6) is 0 Å². The fourth-order valence-electron chi connectivity index (χ4n) is 2.54. The number of aromatic amines is 1. The van der Waals surface area contributed by atoms with Gasteiger partial charge in [-0.15, -0.1) is 11.3 Å². The van der Waals surface area contributed by atoms with Crippen LogP contribution in [0.2, 0.25) is 0 Å². The fourth-order valence-corrected chi connectivity index (χ4v) is 3.24. The summed E-state index contributed by atoms with van der Waals surface area (Å²) in [5, 5.41) is 3.07. The van der Waals surface area contributed by atoms with Crippen LogP contribution in [0.1, 0.15) is 0 Å². The smallest absolute Gasteiger partial charge is 0.224 e. The van der Waals surface area contributed by atoms with Crippen LogP contribution in [0.4, 0.5) is 16.9 Å². The average molecular weight is 302 g/mol. The van der Waals surface area contributed by atoms with E-state index in [0.717, 1.165) is 42.6 Å². The molecule has 0 atom stereocenters. The number of aromatic nitrogens is 5. The monoisotopic (exact) mass is 302 g/mol. The molecule has 9 heteroatoms. The van der Waals surface area contributed by atoms with Gasteiger partial charge in [0.2, 0.25) is 5.95 Å². The summed E-state index contributed by atoms with van der Waals surface area (Å²) in [5.74, 6) is 1.08. The molecule has 1 saturated heterocycles. The van der Waals surface area contributed by atoms with Crippen molar-refractivity contribution < 1.29 is 0 Å². The molecule has 1 aliphatic rings. The molecule has 8 nitrogen and oxygen atoms in total. The van der Waals surface area contributed by atoms with Crippen molar-refractivity contribution in [2.75, 3.05) is 41.7 Å². The highest BCUT2D eigenvalue weighted by Crippen LogP contribution is 2.25. The largest absolute Gasteiger partial charge is 0.368 e. The summed E-state index contributed by atoms with van der Waals surface area (Å²) in [6, 6.07) is 0. The lowest BCUT2D eigenvalue weighted by Gasteiger charge is -2.35. The lowest BCUT2D eigenvalue weighted by Crippen LogP contribution is -2.47. The molecule has 3 aromatic rings. The minimum atomic E-state index is 0.256. The molecular weight excluding hydrogens is 288 g/mol. The summed E-state index contributed by atoms with van der Waals surface area (Å²) in [5.41, 5.74) is 7.22. The van der Waals surface area contributed by atoms with Gasteiger partial charge < -0.3 is 20.5 Å². The maximum Gasteiger partial charge on any atom is 0.224 e. The number of hydrogen-bond acceptors (Lipinski definition) is 8. The minimum Gasteiger partial charge on any atom is -0.368 e. The van der Waals surface area contributed by atoms with Crippen LogP contribution in [0.25, 0.3) is 11.2 Å². The molecule has 21 heavy (non-hydrogen) atoms. The third kappa shape index (κ3) is 2.15. The first kappa shape index (κ1) is 12.3. The van der Waals surface area contributed by atoms with Crippen molar-refractivity contribution in [3.63, 3.8) is 0 Å². The van der Waals surface area contributed by atoms with Crippen LogP contribution in [0, 0.1) is 0 Å². The molecule has 0 saturated carbocycles. The first-order valence-corrected chi connectivity index (χ1v) is 7.55. The lowest BCUT2D eigenvalue weighted by molar-refractivity contribution is 0.647. The van der Waals surface area contributed by atoms with E-state index in [0.29, 0.717) is 5.65 Å². The first-order valence-electron chi connectivity index (χ1n) is 6.67. The normalized spacial score (nSPS) is 15.8. The van der Waals surface area contributed by atoms with Gasteiger partial charge >= 0.3 is 0 Å². The van der Waals surface area contributed by atoms with Crippen LogP contribution in [-0.2, 0) is 0 Å². The number of fused-ring (bicyclic) bond motifs is 1. The lowest BCUT2D eigenvalue weighted by atomic mass is 10.3. The Morgan fingerprint density at radius 2 is 1.90 bits per heavy atom. The van der Waals surface area contributed by atoms with E-state index < -0.39 is 0 Å². The Hall–Kier alpha value is -2.42. The second-order valence-corrected chi connectivity index (χ2v) is 5.67. The molecular formula is C12H14N8S. The Morgan fingerprint density at radius 1 is 1.10 bits per heavy atom. The van der Waals surface area contributed by atoms with Crippen molar-refractivity contribution in [3.8, 4) is 0 Å². The van der Waals surface area contributed by atoms with Crippen LogP contribution >= 0.6 is 11.3 Å². The van der Waals surface area contributed by atoms with E-state index in [-0.39, 0.29) is 5.95 Å². The summed E-state index contributed by atoms with van der Waals surface area (Å²) in [7, 11) is 0. The van der Waals surface area contributed by atoms with Gasteiger partial charge in [0.25, 0.3) is 0 Å². The second-order valence-electron chi connectivity index (χ2n) is 4.80. The Kier molecular flexibility index (Phi) is 2.85. The number of imidazole rings is 1. The van der Waals surface area contributed by atoms with E-state index in [1.165, 1.54) is 0 Å². The van der Waals surface area contributed by atoms with Gasteiger partial charge in [-0.2, -0.15) is 9.97 Å². The molecule has 0 aliphatic carbocycles. The van der Waals surface area contributed by atoms with E-state index in [4.69, 9.17) is 5.73 Å². The minimum absolute atomic E-state index is 0.256. The predicted octanol–water partition coefficient (Wildman–Crippen LogP) is 0.718. The van der Waals surface area contributed by atoms with Gasteiger partial charge in [0, 0.05) is 37.8 Å². The number of thiazole rings is 1. The van der Waals surface area contributed by atoms with Gasteiger partial charge in [0.1, 0.15) is 5.52 Å². The van der Waals surface area contributed by atoms with E-state index in [2.05, 4.69) is 34.7 Å². The molecule has 0 spiro atoms. The van der Waals surface area contributed by atoms with Crippen molar-refractivity contribution in [1.29, 1.82) is 0 Å². The summed E-state index contributed by atoms with van der Waals surface area (Å²) in [6.07, 6.45) is 3.46. The van der Waals surface area contributed by atoms with Crippen LogP contribution in [0.15, 0.2) is 17.9 Å². The van der Waals surface area contributed by atoms with Gasteiger partial charge in [0.15, 0.2) is 16.6 Å². The van der Waals surface area contributed by atoms with Crippen molar-refractivity contribution in [2.24, 2.45) is 0 Å². The van der Waals surface area contributed by atoms with Crippen molar-refractivity contribution in [2.45, 2.75) is 0 Å². The average Bonchev–Trinajstić information content (AvgIpc) is 3.17. The van der Waals surface area contributed by atoms with Gasteiger partial charge in [-0.1, -0.05) is 0 Å². The zero-order valence-electron chi connectivity index (χ0n) is 11.2. The number of nitrogen functional groups attached to an aromatic ring is 1. The molecule has 1 fully saturated rings. The van der Waals surface area contributed by atoms with Crippen molar-refractivity contribution >= 4 is 39.4 Å². The van der Waals surface area contributed by atoms with Crippen LogP contribution in [0.3, 0.4) is 0 Å². The zero-order valence-corrected chi connectivity index (χ0v) is 12.0. The van der Waals surface area contributed by atoms with Gasteiger partial charge in [-0.3, -0.25) is 0 Å². The maximum absolute atomic E-state index is 5.77. The number of anilines is 3. The third-order valence-electron chi connectivity index (χ3n) is 3.55. The van der Waals surface area contributed by atoms with E-state index in [1.54, 1.807) is 17.7 Å². The van der Waals surface area contributed by atoms with E-state index >= 15 is 0 Å². The van der Waals surface area contributed by atoms with Gasteiger partial charge in [0.05, 0.1) is 6.33 Å². The second kappa shape index (κ2) is 4.85. The molecule has 0 radical (unpaired) electrons. The summed E-state index contributed by atoms with van der Waals surface area (Å²) in [4.78, 5) is 24.6. The molecule has 3 aromatic heterocycles. The number of nitrogens with one attached hydrogen (secondary N) is 1. The first-order chi connectivity index (χ1) is 10.3. The molecule has 0 bridgehead atoms. The summed E-state index contributed by atoms with van der Waals surface area (Å²) >= 11 is 1.67. The molecule has 4 rings (SSSR count). The topological polar surface area (TPSA) is 99.8 Å². The number of rotatable bonds is 2. The predicted molar refractivity (Wildman–Crippen MR) is 82.6 cm³/mol. The van der Waals surface area contributed by atoms with Crippen molar-refractivity contribution in [3.05, 3.63) is 17.9 Å². The quantitative estimate of drug-likeness (QED) is 0.719. The Morgan fingerprint density at radius 3 is 2.67 bits per heavy atom. The van der Waals surface area contributed by atoms with E-state index in [1.807, 2.05) is 11.6 Å². The molecule has 0 aromatic carbocycles. The highest BCUT2D eigenvalue weighted by molar-refractivity contribution is 7.13. The number of nitrogens with two attached hydrogens (primary N) is 1. The Labute approximate surface area is 124 Å². The molecule has 1 aliphatic heterocycles. The Bertz CT molecular complexity index is 744. The van der Waals surface area contributed by atoms with Crippen LogP contribution < -0.4 is 15.5 Å². The Balaban J connectivity index is 1.59. The maximum atomic E-state index is 5.77. The molecule has 3 N–H and O–H groups in total. The molecule has 108 valence electrons. The number of piperazine rings is 1. The van der Waals surface area contributed by atoms with Gasteiger partial charge in [-0.25, -0.2) is 9.97 Å². The fraction of sp³-hybridized carbons (Fsp3) is 0.333. The number of nitrogens with zero attached hydrogens (tertiary/aromatic N) is 6.